The minimum atomic E-state index is -0.526. The van der Waals surface area contributed by atoms with Gasteiger partial charge in [0.1, 0.15) is 5.54 Å². The number of hydrogen-bond acceptors (Lipinski definition) is 1. The summed E-state index contributed by atoms with van der Waals surface area (Å²) in [5.41, 5.74) is 4.88. The van der Waals surface area contributed by atoms with Crippen LogP contribution in [-0.2, 0) is 5.54 Å². The third-order valence-corrected chi connectivity index (χ3v) is 5.01. The Balaban J connectivity index is 2.16. The second kappa shape index (κ2) is 6.64. The number of imidazole rings is 1. The van der Waals surface area contributed by atoms with Gasteiger partial charge in [-0.3, -0.25) is 0 Å². The minimum Gasteiger partial charge on any atom is -0.316 e. The topological polar surface area (TPSA) is 17.8 Å². The average molecular weight is 337 g/mol. The molecule has 1 aromatic heterocycles. The molecule has 4 aromatic rings. The van der Waals surface area contributed by atoms with Crippen molar-refractivity contribution in [1.29, 1.82) is 0 Å². The predicted molar refractivity (Wildman–Crippen MR) is 106 cm³/mol. The number of aryl methyl sites for hydroxylation is 1. The Bertz CT molecular complexity index is 890. The molecule has 0 spiro atoms. The van der Waals surface area contributed by atoms with Gasteiger partial charge in [0.05, 0.1) is 12.0 Å². The van der Waals surface area contributed by atoms with E-state index in [0.717, 1.165) is 11.4 Å². The molecule has 1 radical (unpaired) electrons. The van der Waals surface area contributed by atoms with Crippen LogP contribution in [-0.4, -0.2) is 9.55 Å². The molecular weight excluding hydrogens is 316 g/mol. The Morgan fingerprint density at radius 1 is 0.692 bits per heavy atom. The smallest absolute Gasteiger partial charge is 0.121 e. The van der Waals surface area contributed by atoms with E-state index in [1.165, 1.54) is 16.7 Å². The lowest BCUT2D eigenvalue weighted by atomic mass is 9.76. The van der Waals surface area contributed by atoms with E-state index in [1.54, 1.807) is 0 Å². The van der Waals surface area contributed by atoms with Crippen LogP contribution in [0.15, 0.2) is 97.3 Å². The summed E-state index contributed by atoms with van der Waals surface area (Å²) in [6.07, 6.45) is 1.91. The molecule has 127 valence electrons. The van der Waals surface area contributed by atoms with Crippen LogP contribution in [0.4, 0.5) is 0 Å². The van der Waals surface area contributed by atoms with Crippen molar-refractivity contribution >= 4 is 0 Å². The van der Waals surface area contributed by atoms with Crippen LogP contribution >= 0.6 is 0 Å². The molecule has 0 saturated heterocycles. The van der Waals surface area contributed by atoms with E-state index < -0.39 is 5.54 Å². The largest absolute Gasteiger partial charge is 0.316 e. The standard InChI is InChI=1S/C24H21N2/c1-19-20(2)26(18-25-19)24(21-12-6-3-7-13-21,22-14-8-4-9-15-22)23-16-10-5-11-17-23/h3-18H,2H2,1H3. The van der Waals surface area contributed by atoms with Crippen LogP contribution in [0, 0.1) is 13.8 Å². The first-order chi connectivity index (χ1) is 12.7. The van der Waals surface area contributed by atoms with E-state index in [0.29, 0.717) is 0 Å². The van der Waals surface area contributed by atoms with Gasteiger partial charge in [-0.2, -0.15) is 0 Å². The number of nitrogens with zero attached hydrogens (tertiary/aromatic N) is 2. The van der Waals surface area contributed by atoms with Gasteiger partial charge >= 0.3 is 0 Å². The van der Waals surface area contributed by atoms with Gasteiger partial charge in [0.15, 0.2) is 0 Å². The molecule has 1 heterocycles. The monoisotopic (exact) mass is 337 g/mol. The summed E-state index contributed by atoms with van der Waals surface area (Å²) in [6.45, 7) is 6.33. The van der Waals surface area contributed by atoms with Crippen LogP contribution in [0.3, 0.4) is 0 Å². The highest BCUT2D eigenvalue weighted by Gasteiger charge is 2.39. The molecule has 0 unspecified atom stereocenters. The molecule has 0 atom stereocenters. The first kappa shape index (κ1) is 16.3. The Kier molecular flexibility index (Phi) is 4.18. The summed E-state index contributed by atoms with van der Waals surface area (Å²) in [6, 6.07) is 31.7. The van der Waals surface area contributed by atoms with Gasteiger partial charge in [-0.25, -0.2) is 4.98 Å². The molecule has 0 fully saturated rings. The lowest BCUT2D eigenvalue weighted by Gasteiger charge is -2.38. The van der Waals surface area contributed by atoms with Crippen LogP contribution in [0.1, 0.15) is 28.1 Å². The van der Waals surface area contributed by atoms with Crippen molar-refractivity contribution in [3.05, 3.63) is 132 Å². The van der Waals surface area contributed by atoms with E-state index in [2.05, 4.69) is 107 Å². The molecule has 0 N–H and O–H groups in total. The van der Waals surface area contributed by atoms with E-state index in [1.807, 2.05) is 13.3 Å². The number of aromatic nitrogens is 2. The van der Waals surface area contributed by atoms with Gasteiger partial charge in [0.2, 0.25) is 0 Å². The summed E-state index contributed by atoms with van der Waals surface area (Å²) < 4.78 is 2.20. The van der Waals surface area contributed by atoms with Gasteiger partial charge < -0.3 is 4.57 Å². The van der Waals surface area contributed by atoms with Gasteiger partial charge in [-0.1, -0.05) is 91.0 Å². The lowest BCUT2D eigenvalue weighted by Crippen LogP contribution is -2.38. The summed E-state index contributed by atoms with van der Waals surface area (Å²) in [5.74, 6) is 0. The molecule has 0 aliphatic heterocycles. The lowest BCUT2D eigenvalue weighted by molar-refractivity contribution is 0.508. The maximum absolute atomic E-state index is 4.56. The van der Waals surface area contributed by atoms with Gasteiger partial charge in [-0.15, -0.1) is 0 Å². The maximum atomic E-state index is 4.56. The Hall–Kier alpha value is -3.13. The number of hydrogen-bond donors (Lipinski definition) is 0. The van der Waals surface area contributed by atoms with E-state index in [9.17, 15) is 0 Å². The second-order valence-electron chi connectivity index (χ2n) is 6.46. The highest BCUT2D eigenvalue weighted by molar-refractivity contribution is 5.51. The maximum Gasteiger partial charge on any atom is 0.121 e. The third-order valence-electron chi connectivity index (χ3n) is 5.01. The summed E-state index contributed by atoms with van der Waals surface area (Å²) in [4.78, 5) is 4.56. The van der Waals surface area contributed by atoms with E-state index in [4.69, 9.17) is 0 Å². The van der Waals surface area contributed by atoms with Crippen molar-refractivity contribution in [2.24, 2.45) is 0 Å². The van der Waals surface area contributed by atoms with Crippen molar-refractivity contribution in [2.45, 2.75) is 12.5 Å². The van der Waals surface area contributed by atoms with Crippen LogP contribution in [0.5, 0.6) is 0 Å². The predicted octanol–water partition coefficient (Wildman–Crippen LogP) is 5.21. The number of rotatable bonds is 4. The fraction of sp³-hybridized carbons (Fsp3) is 0.0833. The van der Waals surface area contributed by atoms with Crippen molar-refractivity contribution in [3.8, 4) is 0 Å². The van der Waals surface area contributed by atoms with Gasteiger partial charge in [0.25, 0.3) is 0 Å². The fourth-order valence-corrected chi connectivity index (χ4v) is 3.71. The molecule has 4 rings (SSSR count). The molecule has 0 amide bonds. The van der Waals surface area contributed by atoms with Crippen molar-refractivity contribution in [1.82, 2.24) is 9.55 Å². The zero-order valence-electron chi connectivity index (χ0n) is 14.8. The van der Waals surface area contributed by atoms with Crippen molar-refractivity contribution < 1.29 is 0 Å². The molecule has 3 aromatic carbocycles. The summed E-state index contributed by atoms with van der Waals surface area (Å²) in [7, 11) is 0. The first-order valence-corrected chi connectivity index (χ1v) is 8.77. The Morgan fingerprint density at radius 2 is 1.08 bits per heavy atom. The third kappa shape index (κ3) is 2.46. The van der Waals surface area contributed by atoms with Gasteiger partial charge in [0, 0.05) is 5.69 Å². The molecule has 2 heteroatoms. The summed E-state index contributed by atoms with van der Waals surface area (Å²) >= 11 is 0. The highest BCUT2D eigenvalue weighted by Crippen LogP contribution is 2.41. The van der Waals surface area contributed by atoms with Crippen LogP contribution in [0.25, 0.3) is 0 Å². The SMILES string of the molecule is [CH2]c1c(C)ncn1C(c1ccccc1)(c1ccccc1)c1ccccc1. The zero-order chi connectivity index (χ0) is 18.0. The second-order valence-corrected chi connectivity index (χ2v) is 6.46. The molecule has 0 aliphatic rings. The fourth-order valence-electron chi connectivity index (χ4n) is 3.71. The Morgan fingerprint density at radius 3 is 1.38 bits per heavy atom. The van der Waals surface area contributed by atoms with E-state index >= 15 is 0 Å². The molecule has 0 saturated carbocycles. The quantitative estimate of drug-likeness (QED) is 0.467. The molecule has 0 aliphatic carbocycles. The van der Waals surface area contributed by atoms with Crippen LogP contribution < -0.4 is 0 Å². The molecular formula is C24H21N2. The van der Waals surface area contributed by atoms with Gasteiger partial charge in [-0.05, 0) is 30.5 Å². The van der Waals surface area contributed by atoms with Crippen LogP contribution in [0.2, 0.25) is 0 Å². The highest BCUT2D eigenvalue weighted by atomic mass is 15.1. The van der Waals surface area contributed by atoms with Crippen molar-refractivity contribution in [2.75, 3.05) is 0 Å². The summed E-state index contributed by atoms with van der Waals surface area (Å²) in [5, 5.41) is 0. The normalized spacial score (nSPS) is 11.5. The zero-order valence-corrected chi connectivity index (χ0v) is 14.8. The van der Waals surface area contributed by atoms with E-state index in [-0.39, 0.29) is 0 Å². The first-order valence-electron chi connectivity index (χ1n) is 8.77. The molecule has 26 heavy (non-hydrogen) atoms. The average Bonchev–Trinajstić information content (AvgIpc) is 3.04. The van der Waals surface area contributed by atoms with Crippen molar-refractivity contribution in [3.63, 3.8) is 0 Å². The minimum absolute atomic E-state index is 0.526. The molecule has 2 nitrogen and oxygen atoms in total. The molecule has 0 bridgehead atoms. The number of benzene rings is 3. The Labute approximate surface area is 154 Å².